The Morgan fingerprint density at radius 1 is 1.20 bits per heavy atom. The summed E-state index contributed by atoms with van der Waals surface area (Å²) in [7, 11) is 0. The third kappa shape index (κ3) is 1.33. The molecule has 0 saturated carbocycles. The van der Waals surface area contributed by atoms with Gasteiger partial charge in [-0.1, -0.05) is 11.6 Å². The van der Waals surface area contributed by atoms with Crippen molar-refractivity contribution in [1.29, 1.82) is 0 Å². The SMILES string of the molecule is O[C@@H]1CC=C2CCN3Cc4cc5c(cc4[C@@H]1[C@H]23)OCO5. The standard InChI is InChI=1S/C16H17NO3/c18-12-2-1-9-3-4-17-7-10-5-13-14(20-8-19-13)6-11(10)15(12)16(9)17/h1,5-6,12,15-16,18H,2-4,7-8H2/t12-,15+,16+/m1/s1. The average molecular weight is 271 g/mol. The monoisotopic (exact) mass is 271 g/mol. The fourth-order valence-electron chi connectivity index (χ4n) is 4.32. The van der Waals surface area contributed by atoms with Gasteiger partial charge in [-0.05, 0) is 36.1 Å². The van der Waals surface area contributed by atoms with E-state index < -0.39 is 0 Å². The number of nitrogens with zero attached hydrogens (tertiary/aromatic N) is 1. The van der Waals surface area contributed by atoms with Gasteiger partial charge in [0.1, 0.15) is 0 Å². The highest BCUT2D eigenvalue weighted by Crippen LogP contribution is 2.49. The van der Waals surface area contributed by atoms with Crippen LogP contribution in [0.25, 0.3) is 0 Å². The van der Waals surface area contributed by atoms with E-state index in [1.54, 1.807) is 0 Å². The topological polar surface area (TPSA) is 41.9 Å². The van der Waals surface area contributed by atoms with Gasteiger partial charge in [0.05, 0.1) is 6.10 Å². The quantitative estimate of drug-likeness (QED) is 0.730. The summed E-state index contributed by atoms with van der Waals surface area (Å²) in [6, 6.07) is 4.60. The smallest absolute Gasteiger partial charge is 0.231 e. The fourth-order valence-corrected chi connectivity index (χ4v) is 4.32. The molecule has 20 heavy (non-hydrogen) atoms. The maximum Gasteiger partial charge on any atom is 0.231 e. The van der Waals surface area contributed by atoms with Crippen LogP contribution in [0.1, 0.15) is 29.9 Å². The summed E-state index contributed by atoms with van der Waals surface area (Å²) in [6.45, 7) is 2.37. The molecule has 104 valence electrons. The first-order valence-electron chi connectivity index (χ1n) is 7.35. The minimum absolute atomic E-state index is 0.191. The van der Waals surface area contributed by atoms with Crippen molar-refractivity contribution in [3.63, 3.8) is 0 Å². The minimum atomic E-state index is -0.288. The average Bonchev–Trinajstić information content (AvgIpc) is 3.06. The molecule has 1 aromatic rings. The van der Waals surface area contributed by atoms with Gasteiger partial charge in [-0.25, -0.2) is 0 Å². The van der Waals surface area contributed by atoms with E-state index in [9.17, 15) is 5.11 Å². The molecule has 3 heterocycles. The molecular formula is C16H17NO3. The lowest BCUT2D eigenvalue weighted by Gasteiger charge is -2.43. The molecule has 1 aliphatic carbocycles. The van der Waals surface area contributed by atoms with Crippen molar-refractivity contribution in [3.8, 4) is 11.5 Å². The van der Waals surface area contributed by atoms with Gasteiger partial charge >= 0.3 is 0 Å². The lowest BCUT2D eigenvalue weighted by molar-refractivity contribution is 0.0830. The predicted octanol–water partition coefficient (Wildman–Crippen LogP) is 1.78. The summed E-state index contributed by atoms with van der Waals surface area (Å²) in [5.41, 5.74) is 4.07. The summed E-state index contributed by atoms with van der Waals surface area (Å²) in [6.07, 6.45) is 3.89. The summed E-state index contributed by atoms with van der Waals surface area (Å²) >= 11 is 0. The van der Waals surface area contributed by atoms with Crippen LogP contribution < -0.4 is 9.47 Å². The van der Waals surface area contributed by atoms with Gasteiger partial charge in [0.15, 0.2) is 11.5 Å². The third-order valence-corrected chi connectivity index (χ3v) is 5.20. The molecular weight excluding hydrogens is 254 g/mol. The number of fused-ring (bicyclic) bond motifs is 3. The zero-order chi connectivity index (χ0) is 13.3. The largest absolute Gasteiger partial charge is 0.454 e. The molecule has 3 atom stereocenters. The van der Waals surface area contributed by atoms with Crippen molar-refractivity contribution in [2.75, 3.05) is 13.3 Å². The van der Waals surface area contributed by atoms with E-state index in [1.807, 2.05) is 0 Å². The maximum atomic E-state index is 10.5. The number of benzene rings is 1. The Morgan fingerprint density at radius 3 is 2.95 bits per heavy atom. The predicted molar refractivity (Wildman–Crippen MR) is 72.8 cm³/mol. The molecule has 0 amide bonds. The van der Waals surface area contributed by atoms with E-state index >= 15 is 0 Å². The molecule has 1 saturated heterocycles. The highest BCUT2D eigenvalue weighted by atomic mass is 16.7. The Balaban J connectivity index is 1.70. The van der Waals surface area contributed by atoms with E-state index in [0.29, 0.717) is 12.8 Å². The van der Waals surface area contributed by atoms with Gasteiger partial charge < -0.3 is 14.6 Å². The van der Waals surface area contributed by atoms with Crippen molar-refractivity contribution in [1.82, 2.24) is 4.90 Å². The second-order valence-electron chi connectivity index (χ2n) is 6.18. The second-order valence-corrected chi connectivity index (χ2v) is 6.18. The number of aliphatic hydroxyl groups is 1. The molecule has 0 aromatic heterocycles. The van der Waals surface area contributed by atoms with Crippen LogP contribution in [-0.2, 0) is 6.54 Å². The van der Waals surface area contributed by atoms with Crippen molar-refractivity contribution >= 4 is 0 Å². The number of hydrogen-bond acceptors (Lipinski definition) is 4. The summed E-state index contributed by atoms with van der Waals surface area (Å²) in [4.78, 5) is 2.50. The van der Waals surface area contributed by atoms with Gasteiger partial charge in [0, 0.05) is 25.0 Å². The molecule has 1 N–H and O–H groups in total. The van der Waals surface area contributed by atoms with Crippen LogP contribution in [0.4, 0.5) is 0 Å². The van der Waals surface area contributed by atoms with Gasteiger partial charge in [-0.3, -0.25) is 4.90 Å². The molecule has 0 radical (unpaired) electrons. The highest BCUT2D eigenvalue weighted by molar-refractivity contribution is 5.53. The lowest BCUT2D eigenvalue weighted by atomic mass is 9.74. The van der Waals surface area contributed by atoms with E-state index in [0.717, 1.165) is 37.4 Å². The number of ether oxygens (including phenoxy) is 2. The molecule has 3 aliphatic heterocycles. The molecule has 4 aliphatic rings. The molecule has 0 bridgehead atoms. The van der Waals surface area contributed by atoms with Crippen LogP contribution in [0.5, 0.6) is 11.5 Å². The fraction of sp³-hybridized carbons (Fsp3) is 0.500. The van der Waals surface area contributed by atoms with E-state index in [-0.39, 0.29) is 12.0 Å². The van der Waals surface area contributed by atoms with Crippen molar-refractivity contribution in [2.24, 2.45) is 0 Å². The van der Waals surface area contributed by atoms with Crippen LogP contribution >= 0.6 is 0 Å². The van der Waals surface area contributed by atoms with Crippen LogP contribution in [0, 0.1) is 0 Å². The Morgan fingerprint density at radius 2 is 2.05 bits per heavy atom. The molecule has 1 aromatic carbocycles. The Hall–Kier alpha value is -1.52. The first-order chi connectivity index (χ1) is 9.81. The van der Waals surface area contributed by atoms with Crippen LogP contribution in [-0.4, -0.2) is 35.5 Å². The van der Waals surface area contributed by atoms with Crippen molar-refractivity contribution < 1.29 is 14.6 Å². The van der Waals surface area contributed by atoms with E-state index in [1.165, 1.54) is 16.7 Å². The second kappa shape index (κ2) is 3.77. The lowest BCUT2D eigenvalue weighted by Crippen LogP contribution is -2.45. The van der Waals surface area contributed by atoms with Gasteiger partial charge in [-0.15, -0.1) is 0 Å². The van der Waals surface area contributed by atoms with E-state index in [4.69, 9.17) is 9.47 Å². The van der Waals surface area contributed by atoms with Gasteiger partial charge in [0.2, 0.25) is 6.79 Å². The summed E-state index contributed by atoms with van der Waals surface area (Å²) < 4.78 is 11.0. The Bertz CT molecular complexity index is 624. The Kier molecular flexibility index (Phi) is 2.11. The van der Waals surface area contributed by atoms with Crippen LogP contribution in [0.2, 0.25) is 0 Å². The molecule has 4 heteroatoms. The maximum absolute atomic E-state index is 10.5. The van der Waals surface area contributed by atoms with Crippen LogP contribution in [0.3, 0.4) is 0 Å². The zero-order valence-corrected chi connectivity index (χ0v) is 11.2. The third-order valence-electron chi connectivity index (χ3n) is 5.20. The first kappa shape index (κ1) is 11.2. The normalized spacial score (nSPS) is 33.6. The van der Waals surface area contributed by atoms with Crippen molar-refractivity contribution in [3.05, 3.63) is 34.9 Å². The molecule has 0 spiro atoms. The number of rotatable bonds is 0. The first-order valence-corrected chi connectivity index (χ1v) is 7.35. The summed E-state index contributed by atoms with van der Waals surface area (Å²) in [5.74, 6) is 1.87. The van der Waals surface area contributed by atoms with E-state index in [2.05, 4.69) is 23.1 Å². The van der Waals surface area contributed by atoms with Gasteiger partial charge in [0.25, 0.3) is 0 Å². The zero-order valence-electron chi connectivity index (χ0n) is 11.2. The van der Waals surface area contributed by atoms with Crippen LogP contribution in [0.15, 0.2) is 23.8 Å². The molecule has 1 fully saturated rings. The van der Waals surface area contributed by atoms with Gasteiger partial charge in [-0.2, -0.15) is 0 Å². The molecule has 5 rings (SSSR count). The Labute approximate surface area is 117 Å². The number of aliphatic hydroxyl groups excluding tert-OH is 1. The minimum Gasteiger partial charge on any atom is -0.454 e. The summed E-state index contributed by atoms with van der Waals surface area (Å²) in [5, 5.41) is 10.5. The highest BCUT2D eigenvalue weighted by Gasteiger charge is 2.46. The van der Waals surface area contributed by atoms with Crippen molar-refractivity contribution in [2.45, 2.75) is 37.5 Å². The number of hydrogen-bond donors (Lipinski definition) is 1. The molecule has 0 unspecified atom stereocenters. The molecule has 4 nitrogen and oxygen atoms in total.